The Morgan fingerprint density at radius 3 is 2.27 bits per heavy atom. The van der Waals surface area contributed by atoms with Crippen molar-refractivity contribution < 1.29 is 9.53 Å². The summed E-state index contributed by atoms with van der Waals surface area (Å²) in [7, 11) is 0. The predicted molar refractivity (Wildman–Crippen MR) is 83.7 cm³/mol. The van der Waals surface area contributed by atoms with Gasteiger partial charge in [-0.05, 0) is 61.3 Å². The summed E-state index contributed by atoms with van der Waals surface area (Å²) in [6.45, 7) is 0.316. The first-order chi connectivity index (χ1) is 10.8. The van der Waals surface area contributed by atoms with Crippen LogP contribution in [-0.4, -0.2) is 12.1 Å². The molecule has 0 aliphatic heterocycles. The Labute approximate surface area is 131 Å². The zero-order valence-electron chi connectivity index (χ0n) is 12.8. The number of rotatable bonds is 4. The van der Waals surface area contributed by atoms with Crippen LogP contribution in [0.5, 0.6) is 0 Å². The van der Waals surface area contributed by atoms with Crippen molar-refractivity contribution in [2.45, 2.75) is 44.8 Å². The van der Waals surface area contributed by atoms with Gasteiger partial charge < -0.3 is 4.74 Å². The number of ether oxygens (including phenoxy) is 1. The molecule has 4 fully saturated rings. The highest BCUT2D eigenvalue weighted by atomic mass is 16.6. The van der Waals surface area contributed by atoms with Crippen molar-refractivity contribution in [1.29, 1.82) is 0 Å². The van der Waals surface area contributed by atoms with Crippen LogP contribution in [0.3, 0.4) is 0 Å². The lowest BCUT2D eigenvalue weighted by Crippen LogP contribution is -2.58. The SMILES string of the molecule is O=C(NNC1C2CC3CC(C2)CC1C3)OCc1ccccc1. The molecule has 1 amide bonds. The summed E-state index contributed by atoms with van der Waals surface area (Å²) in [5, 5.41) is 0. The third kappa shape index (κ3) is 2.84. The molecule has 0 aromatic heterocycles. The van der Waals surface area contributed by atoms with Crippen molar-refractivity contribution in [3.8, 4) is 0 Å². The number of carbonyl (C=O) groups is 1. The van der Waals surface area contributed by atoms with Crippen LogP contribution in [0.25, 0.3) is 0 Å². The van der Waals surface area contributed by atoms with Gasteiger partial charge in [0.15, 0.2) is 0 Å². The largest absolute Gasteiger partial charge is 0.444 e. The Kier molecular flexibility index (Phi) is 3.78. The number of amides is 1. The summed E-state index contributed by atoms with van der Waals surface area (Å²) in [6, 6.07) is 10.2. The molecule has 1 aromatic carbocycles. The minimum atomic E-state index is -0.377. The van der Waals surface area contributed by atoms with Gasteiger partial charge >= 0.3 is 6.09 Å². The molecule has 4 bridgehead atoms. The first kappa shape index (κ1) is 14.1. The smallest absolute Gasteiger partial charge is 0.421 e. The molecule has 0 radical (unpaired) electrons. The van der Waals surface area contributed by atoms with Crippen LogP contribution in [0.2, 0.25) is 0 Å². The van der Waals surface area contributed by atoms with E-state index >= 15 is 0 Å². The molecule has 4 heteroatoms. The maximum Gasteiger partial charge on any atom is 0.421 e. The van der Waals surface area contributed by atoms with Gasteiger partial charge in [-0.2, -0.15) is 0 Å². The molecule has 4 nitrogen and oxygen atoms in total. The van der Waals surface area contributed by atoms with Crippen LogP contribution < -0.4 is 10.9 Å². The summed E-state index contributed by atoms with van der Waals surface area (Å²) in [4.78, 5) is 11.9. The predicted octanol–water partition coefficient (Wildman–Crippen LogP) is 3.24. The lowest BCUT2D eigenvalue weighted by Gasteiger charge is -2.54. The topological polar surface area (TPSA) is 50.4 Å². The van der Waals surface area contributed by atoms with Crippen LogP contribution in [0.4, 0.5) is 4.79 Å². The molecule has 1 aromatic rings. The highest BCUT2D eigenvalue weighted by Crippen LogP contribution is 2.53. The number of hydrogen-bond acceptors (Lipinski definition) is 3. The number of carbonyl (C=O) groups excluding carboxylic acids is 1. The van der Waals surface area contributed by atoms with Crippen LogP contribution in [0.15, 0.2) is 30.3 Å². The molecule has 118 valence electrons. The highest BCUT2D eigenvalue weighted by Gasteiger charge is 2.48. The average molecular weight is 300 g/mol. The Bertz CT molecular complexity index is 503. The summed E-state index contributed by atoms with van der Waals surface area (Å²) in [5.74, 6) is 3.38. The van der Waals surface area contributed by atoms with Crippen molar-refractivity contribution >= 4 is 6.09 Å². The monoisotopic (exact) mass is 300 g/mol. The van der Waals surface area contributed by atoms with E-state index in [1.54, 1.807) is 0 Å². The molecule has 0 atom stereocenters. The number of hydrogen-bond donors (Lipinski definition) is 2. The fourth-order valence-corrected chi connectivity index (χ4v) is 5.06. The third-order valence-electron chi connectivity index (χ3n) is 5.78. The van der Waals surface area contributed by atoms with E-state index < -0.39 is 0 Å². The van der Waals surface area contributed by atoms with Crippen LogP contribution >= 0.6 is 0 Å². The Morgan fingerprint density at radius 2 is 1.64 bits per heavy atom. The summed E-state index contributed by atoms with van der Waals surface area (Å²) >= 11 is 0. The van der Waals surface area contributed by atoms with Gasteiger partial charge in [-0.25, -0.2) is 10.2 Å². The molecular formula is C18H24N2O2. The molecule has 0 saturated heterocycles. The summed E-state index contributed by atoms with van der Waals surface area (Å²) in [6.07, 6.45) is 6.43. The second kappa shape index (κ2) is 5.92. The Hall–Kier alpha value is -1.55. The second-order valence-electron chi connectivity index (χ2n) is 7.29. The van der Waals surface area contributed by atoms with Crippen molar-refractivity contribution in [3.63, 3.8) is 0 Å². The molecule has 0 unspecified atom stereocenters. The Morgan fingerprint density at radius 1 is 1.00 bits per heavy atom. The van der Waals surface area contributed by atoms with E-state index in [1.807, 2.05) is 30.3 Å². The molecule has 4 aliphatic rings. The molecule has 0 heterocycles. The van der Waals surface area contributed by atoms with E-state index in [-0.39, 0.29) is 6.09 Å². The van der Waals surface area contributed by atoms with Gasteiger partial charge in [0.25, 0.3) is 0 Å². The van der Waals surface area contributed by atoms with Crippen LogP contribution in [0, 0.1) is 23.7 Å². The van der Waals surface area contributed by atoms with Gasteiger partial charge in [-0.3, -0.25) is 5.43 Å². The minimum absolute atomic E-state index is 0.316. The normalized spacial score (nSPS) is 35.4. The molecule has 0 spiro atoms. The zero-order chi connectivity index (χ0) is 14.9. The highest BCUT2D eigenvalue weighted by molar-refractivity contribution is 5.66. The summed E-state index contributed by atoms with van der Waals surface area (Å²) in [5.41, 5.74) is 7.05. The number of benzene rings is 1. The standard InChI is InChI=1S/C18H24N2O2/c21-18(22-11-12-4-2-1-3-5-12)20-19-17-15-7-13-6-14(9-15)10-16(17)8-13/h1-5,13-17,19H,6-11H2,(H,20,21). The lowest BCUT2D eigenvalue weighted by atomic mass is 9.54. The second-order valence-corrected chi connectivity index (χ2v) is 7.29. The molecule has 4 aliphatic carbocycles. The van der Waals surface area contributed by atoms with Gasteiger partial charge in [0.2, 0.25) is 0 Å². The zero-order valence-corrected chi connectivity index (χ0v) is 12.8. The van der Waals surface area contributed by atoms with E-state index in [0.29, 0.717) is 12.6 Å². The quantitative estimate of drug-likeness (QED) is 0.839. The van der Waals surface area contributed by atoms with E-state index in [1.165, 1.54) is 32.1 Å². The van der Waals surface area contributed by atoms with Gasteiger partial charge in [0.1, 0.15) is 6.61 Å². The van der Waals surface area contributed by atoms with Gasteiger partial charge in [0, 0.05) is 6.04 Å². The van der Waals surface area contributed by atoms with E-state index in [9.17, 15) is 4.79 Å². The molecular weight excluding hydrogens is 276 g/mol. The minimum Gasteiger partial charge on any atom is -0.444 e. The first-order valence-corrected chi connectivity index (χ1v) is 8.50. The van der Waals surface area contributed by atoms with Crippen molar-refractivity contribution in [2.24, 2.45) is 23.7 Å². The number of nitrogens with one attached hydrogen (secondary N) is 2. The van der Waals surface area contributed by atoms with Crippen molar-refractivity contribution in [2.75, 3.05) is 0 Å². The van der Waals surface area contributed by atoms with E-state index in [0.717, 1.165) is 29.2 Å². The van der Waals surface area contributed by atoms with Gasteiger partial charge in [0.05, 0.1) is 0 Å². The maximum absolute atomic E-state index is 11.9. The fourth-order valence-electron chi connectivity index (χ4n) is 5.06. The molecule has 2 N–H and O–H groups in total. The van der Waals surface area contributed by atoms with Crippen molar-refractivity contribution in [1.82, 2.24) is 10.9 Å². The van der Waals surface area contributed by atoms with E-state index in [2.05, 4.69) is 10.9 Å². The number of hydrazine groups is 1. The average Bonchev–Trinajstić information content (AvgIpc) is 2.52. The van der Waals surface area contributed by atoms with Crippen molar-refractivity contribution in [3.05, 3.63) is 35.9 Å². The molecule has 5 rings (SSSR count). The van der Waals surface area contributed by atoms with Crippen LogP contribution in [-0.2, 0) is 11.3 Å². The first-order valence-electron chi connectivity index (χ1n) is 8.50. The van der Waals surface area contributed by atoms with Gasteiger partial charge in [-0.1, -0.05) is 30.3 Å². The summed E-state index contributed by atoms with van der Waals surface area (Å²) < 4.78 is 5.26. The van der Waals surface area contributed by atoms with Crippen LogP contribution in [0.1, 0.15) is 37.7 Å². The maximum atomic E-state index is 11.9. The third-order valence-corrected chi connectivity index (χ3v) is 5.78. The van der Waals surface area contributed by atoms with E-state index in [4.69, 9.17) is 4.74 Å². The Balaban J connectivity index is 1.25. The fraction of sp³-hybridized carbons (Fsp3) is 0.611. The lowest BCUT2D eigenvalue weighted by molar-refractivity contribution is -0.0187. The van der Waals surface area contributed by atoms with Gasteiger partial charge in [-0.15, -0.1) is 0 Å². The molecule has 4 saturated carbocycles. The molecule has 22 heavy (non-hydrogen) atoms.